The molecule has 0 bridgehead atoms. The molecule has 1 N–H and O–H groups in total. The SMILES string of the molecule is O=S(=O)(CC1CCCO1)NCC1CCC2(CCCCC2)O1. The fourth-order valence-corrected chi connectivity index (χ4v) is 5.21. The highest BCUT2D eigenvalue weighted by atomic mass is 32.2. The van der Waals surface area contributed by atoms with E-state index in [9.17, 15) is 8.42 Å². The molecule has 2 unspecified atom stereocenters. The van der Waals surface area contributed by atoms with Crippen LogP contribution in [-0.4, -0.2) is 45.1 Å². The summed E-state index contributed by atoms with van der Waals surface area (Å²) in [6.07, 6.45) is 9.89. The summed E-state index contributed by atoms with van der Waals surface area (Å²) in [5, 5.41) is 0. The fraction of sp³-hybridized carbons (Fsp3) is 1.00. The zero-order chi connectivity index (χ0) is 14.8. The maximum atomic E-state index is 12.1. The third-order valence-electron chi connectivity index (χ3n) is 5.06. The largest absolute Gasteiger partial charge is 0.377 e. The van der Waals surface area contributed by atoms with Gasteiger partial charge in [-0.05, 0) is 38.5 Å². The molecule has 0 aromatic heterocycles. The number of sulfonamides is 1. The lowest BCUT2D eigenvalue weighted by atomic mass is 9.83. The number of hydrogen-bond donors (Lipinski definition) is 1. The summed E-state index contributed by atoms with van der Waals surface area (Å²) in [4.78, 5) is 0. The molecule has 5 nitrogen and oxygen atoms in total. The summed E-state index contributed by atoms with van der Waals surface area (Å²) in [6.45, 7) is 1.10. The second-order valence-electron chi connectivity index (χ2n) is 6.79. The van der Waals surface area contributed by atoms with Gasteiger partial charge in [0, 0.05) is 13.2 Å². The van der Waals surface area contributed by atoms with Crippen LogP contribution >= 0.6 is 0 Å². The quantitative estimate of drug-likeness (QED) is 0.842. The standard InChI is InChI=1S/C15H27NO4S/c17-21(18,12-14-5-4-10-19-14)16-11-13-6-9-15(20-13)7-2-1-3-8-15/h13-14,16H,1-12H2. The molecule has 3 aliphatic rings. The maximum Gasteiger partial charge on any atom is 0.214 e. The van der Waals surface area contributed by atoms with Gasteiger partial charge in [0.15, 0.2) is 0 Å². The Kier molecular flexibility index (Phi) is 4.88. The Morgan fingerprint density at radius 2 is 1.81 bits per heavy atom. The monoisotopic (exact) mass is 317 g/mol. The molecule has 21 heavy (non-hydrogen) atoms. The number of ether oxygens (including phenoxy) is 2. The van der Waals surface area contributed by atoms with Gasteiger partial charge < -0.3 is 9.47 Å². The Morgan fingerprint density at radius 3 is 2.52 bits per heavy atom. The Bertz CT molecular complexity index is 439. The second-order valence-corrected chi connectivity index (χ2v) is 8.64. The van der Waals surface area contributed by atoms with Crippen molar-refractivity contribution in [3.8, 4) is 0 Å². The molecule has 3 rings (SSSR count). The summed E-state index contributed by atoms with van der Waals surface area (Å²) in [5.41, 5.74) is 0.0585. The van der Waals surface area contributed by atoms with E-state index in [1.54, 1.807) is 0 Å². The minimum absolute atomic E-state index is 0.0439. The number of hydrogen-bond acceptors (Lipinski definition) is 4. The van der Waals surface area contributed by atoms with Crippen LogP contribution in [0.25, 0.3) is 0 Å². The Balaban J connectivity index is 1.44. The number of rotatable bonds is 5. The molecule has 0 aromatic carbocycles. The maximum absolute atomic E-state index is 12.1. The van der Waals surface area contributed by atoms with Gasteiger partial charge in [0.2, 0.25) is 10.0 Å². The highest BCUT2D eigenvalue weighted by Crippen LogP contribution is 2.41. The van der Waals surface area contributed by atoms with E-state index in [1.165, 1.54) is 19.3 Å². The van der Waals surface area contributed by atoms with Gasteiger partial charge in [0.1, 0.15) is 0 Å². The molecule has 2 atom stereocenters. The lowest BCUT2D eigenvalue weighted by Gasteiger charge is -2.33. The molecule has 1 saturated carbocycles. The van der Waals surface area contributed by atoms with Gasteiger partial charge in [-0.25, -0.2) is 13.1 Å². The zero-order valence-corrected chi connectivity index (χ0v) is 13.5. The fourth-order valence-electron chi connectivity index (χ4n) is 3.90. The van der Waals surface area contributed by atoms with Crippen LogP contribution in [0.5, 0.6) is 0 Å². The van der Waals surface area contributed by atoms with Crippen LogP contribution in [0, 0.1) is 0 Å². The summed E-state index contributed by atoms with van der Waals surface area (Å²) in [5.74, 6) is 0.0882. The summed E-state index contributed by atoms with van der Waals surface area (Å²) >= 11 is 0. The van der Waals surface area contributed by atoms with Crippen LogP contribution in [0.15, 0.2) is 0 Å². The van der Waals surface area contributed by atoms with Crippen LogP contribution in [0.1, 0.15) is 57.8 Å². The molecular formula is C15H27NO4S. The van der Waals surface area contributed by atoms with Crippen molar-refractivity contribution in [2.45, 2.75) is 75.6 Å². The van der Waals surface area contributed by atoms with Gasteiger partial charge in [-0.2, -0.15) is 0 Å². The van der Waals surface area contributed by atoms with Gasteiger partial charge in [-0.3, -0.25) is 0 Å². The molecule has 2 heterocycles. The second kappa shape index (κ2) is 6.52. The van der Waals surface area contributed by atoms with Crippen LogP contribution in [-0.2, 0) is 19.5 Å². The molecule has 1 aliphatic carbocycles. The van der Waals surface area contributed by atoms with Gasteiger partial charge in [0.05, 0.1) is 23.6 Å². The minimum atomic E-state index is -3.25. The van der Waals surface area contributed by atoms with Crippen LogP contribution < -0.4 is 4.72 Å². The van der Waals surface area contributed by atoms with Gasteiger partial charge >= 0.3 is 0 Å². The van der Waals surface area contributed by atoms with E-state index in [0.717, 1.165) is 38.5 Å². The molecular weight excluding hydrogens is 290 g/mol. The normalized spacial score (nSPS) is 32.8. The first-order chi connectivity index (χ1) is 10.1. The van der Waals surface area contributed by atoms with Crippen molar-refractivity contribution in [2.24, 2.45) is 0 Å². The summed E-state index contributed by atoms with van der Waals surface area (Å²) < 4.78 is 38.4. The lowest BCUT2D eigenvalue weighted by molar-refractivity contribution is -0.0610. The molecule has 122 valence electrons. The average Bonchev–Trinajstić information content (AvgIpc) is 3.08. The van der Waals surface area contributed by atoms with Crippen molar-refractivity contribution in [1.29, 1.82) is 0 Å². The Labute approximate surface area is 127 Å². The first kappa shape index (κ1) is 15.7. The van der Waals surface area contributed by atoms with Gasteiger partial charge in [-0.1, -0.05) is 19.3 Å². The molecule has 6 heteroatoms. The summed E-state index contributed by atoms with van der Waals surface area (Å²) in [6, 6.07) is 0. The average molecular weight is 317 g/mol. The first-order valence-electron chi connectivity index (χ1n) is 8.34. The third-order valence-corrected chi connectivity index (χ3v) is 6.48. The number of nitrogens with one attached hydrogen (secondary N) is 1. The van der Waals surface area contributed by atoms with E-state index >= 15 is 0 Å². The van der Waals surface area contributed by atoms with E-state index < -0.39 is 10.0 Å². The van der Waals surface area contributed by atoms with E-state index in [2.05, 4.69) is 4.72 Å². The first-order valence-corrected chi connectivity index (χ1v) is 9.99. The molecule has 3 fully saturated rings. The van der Waals surface area contributed by atoms with Gasteiger partial charge in [-0.15, -0.1) is 0 Å². The molecule has 2 aliphatic heterocycles. The highest BCUT2D eigenvalue weighted by Gasteiger charge is 2.40. The van der Waals surface area contributed by atoms with Crippen LogP contribution in [0.2, 0.25) is 0 Å². The van der Waals surface area contributed by atoms with Crippen molar-refractivity contribution >= 4 is 10.0 Å². The predicted molar refractivity (Wildman–Crippen MR) is 80.7 cm³/mol. The van der Waals surface area contributed by atoms with Crippen molar-refractivity contribution in [3.63, 3.8) is 0 Å². The smallest absolute Gasteiger partial charge is 0.214 e. The minimum Gasteiger partial charge on any atom is -0.377 e. The predicted octanol–water partition coefficient (Wildman–Crippen LogP) is 1.97. The molecule has 0 radical (unpaired) electrons. The third kappa shape index (κ3) is 4.18. The summed E-state index contributed by atoms with van der Waals surface area (Å²) in [7, 11) is -3.25. The zero-order valence-electron chi connectivity index (χ0n) is 12.7. The molecule has 0 aromatic rings. The molecule has 1 spiro atoms. The van der Waals surface area contributed by atoms with Gasteiger partial charge in [0.25, 0.3) is 0 Å². The molecule has 2 saturated heterocycles. The van der Waals surface area contributed by atoms with E-state index in [-0.39, 0.29) is 23.6 Å². The van der Waals surface area contributed by atoms with Crippen molar-refractivity contribution < 1.29 is 17.9 Å². The molecule has 0 amide bonds. The van der Waals surface area contributed by atoms with Crippen LogP contribution in [0.4, 0.5) is 0 Å². The van der Waals surface area contributed by atoms with Crippen molar-refractivity contribution in [3.05, 3.63) is 0 Å². The van der Waals surface area contributed by atoms with Crippen LogP contribution in [0.3, 0.4) is 0 Å². The van der Waals surface area contributed by atoms with E-state index in [4.69, 9.17) is 9.47 Å². The van der Waals surface area contributed by atoms with E-state index in [1.807, 2.05) is 0 Å². The topological polar surface area (TPSA) is 64.6 Å². The Morgan fingerprint density at radius 1 is 1.00 bits per heavy atom. The van der Waals surface area contributed by atoms with Crippen molar-refractivity contribution in [2.75, 3.05) is 18.9 Å². The highest BCUT2D eigenvalue weighted by molar-refractivity contribution is 7.89. The van der Waals surface area contributed by atoms with E-state index in [0.29, 0.717) is 13.2 Å². The lowest BCUT2D eigenvalue weighted by Crippen LogP contribution is -2.38. The Hall–Kier alpha value is -0.170. The van der Waals surface area contributed by atoms with Crippen molar-refractivity contribution in [1.82, 2.24) is 4.72 Å².